The van der Waals surface area contributed by atoms with Crippen molar-refractivity contribution >= 4 is 39.4 Å². The topological polar surface area (TPSA) is 48.1 Å². The van der Waals surface area contributed by atoms with Crippen molar-refractivity contribution < 1.29 is 0 Å². The van der Waals surface area contributed by atoms with E-state index in [1.54, 1.807) is 6.33 Å². The van der Waals surface area contributed by atoms with Crippen LogP contribution in [0.4, 0.5) is 5.82 Å². The third kappa shape index (κ3) is 3.29. The van der Waals surface area contributed by atoms with E-state index in [-0.39, 0.29) is 0 Å². The second-order valence-corrected chi connectivity index (χ2v) is 6.38. The lowest BCUT2D eigenvalue weighted by atomic mass is 10.2. The van der Waals surface area contributed by atoms with Crippen molar-refractivity contribution in [2.75, 3.05) is 31.1 Å². The molecule has 0 atom stereocenters. The predicted molar refractivity (Wildman–Crippen MR) is 106 cm³/mol. The molecule has 1 saturated heterocycles. The van der Waals surface area contributed by atoms with Crippen LogP contribution in [-0.2, 0) is 0 Å². The molecule has 0 bridgehead atoms. The summed E-state index contributed by atoms with van der Waals surface area (Å²) in [6.45, 7) is 13.9. The first kappa shape index (κ1) is 17.5. The van der Waals surface area contributed by atoms with Gasteiger partial charge in [-0.25, -0.2) is 9.97 Å². The van der Waals surface area contributed by atoms with Crippen LogP contribution in [0.15, 0.2) is 36.8 Å². The molecule has 0 amide bonds. The molecule has 132 valence electrons. The molecule has 3 aromatic rings. The van der Waals surface area contributed by atoms with Gasteiger partial charge in [-0.15, -0.1) is 0 Å². The molecule has 1 N–H and O–H groups in total. The lowest BCUT2D eigenvalue weighted by Gasteiger charge is -2.37. The molecule has 4 rings (SSSR count). The number of anilines is 1. The van der Waals surface area contributed by atoms with E-state index >= 15 is 0 Å². The van der Waals surface area contributed by atoms with E-state index < -0.39 is 0 Å². The van der Waals surface area contributed by atoms with E-state index in [0.29, 0.717) is 0 Å². The number of hydrogen-bond donors (Lipinski definition) is 1. The number of benzene rings is 1. The minimum atomic E-state index is 0.723. The zero-order valence-electron chi connectivity index (χ0n) is 15.0. The number of hydrogen-bond acceptors (Lipinski definition) is 4. The number of rotatable bonds is 2. The minimum Gasteiger partial charge on any atom is -0.372 e. The zero-order chi connectivity index (χ0) is 18.0. The normalized spacial score (nSPS) is 14.6. The average molecular weight is 358 g/mol. The smallest absolute Gasteiger partial charge is 0.143 e. The molecule has 2 aromatic heterocycles. The van der Waals surface area contributed by atoms with Crippen LogP contribution >= 0.6 is 11.6 Å². The Morgan fingerprint density at radius 3 is 2.56 bits per heavy atom. The molecule has 0 aliphatic carbocycles. The Labute approximate surface area is 153 Å². The van der Waals surface area contributed by atoms with Gasteiger partial charge in [-0.05, 0) is 25.1 Å². The number of fused-ring (bicyclic) bond motifs is 3. The maximum atomic E-state index is 6.18. The van der Waals surface area contributed by atoms with Gasteiger partial charge in [0.1, 0.15) is 17.8 Å². The first-order valence-corrected chi connectivity index (χ1v) is 9.08. The van der Waals surface area contributed by atoms with E-state index in [4.69, 9.17) is 11.6 Å². The largest absolute Gasteiger partial charge is 0.372 e. The van der Waals surface area contributed by atoms with Gasteiger partial charge in [0.15, 0.2) is 0 Å². The number of nitrogens with one attached hydrogen (secondary N) is 1. The molecule has 1 fully saturated rings. The van der Waals surface area contributed by atoms with E-state index in [0.717, 1.165) is 64.7 Å². The molecule has 3 heterocycles. The number of halogens is 1. The van der Waals surface area contributed by atoms with Crippen molar-refractivity contribution in [3.63, 3.8) is 0 Å². The summed E-state index contributed by atoms with van der Waals surface area (Å²) in [4.78, 5) is 16.9. The van der Waals surface area contributed by atoms with Gasteiger partial charge < -0.3 is 14.8 Å². The molecule has 0 radical (unpaired) electrons. The molecule has 1 aromatic carbocycles. The molecule has 0 spiro atoms. The van der Waals surface area contributed by atoms with Crippen molar-refractivity contribution in [1.29, 1.82) is 0 Å². The molecular weight excluding hydrogens is 334 g/mol. The van der Waals surface area contributed by atoms with Crippen LogP contribution in [0.1, 0.15) is 20.8 Å². The van der Waals surface area contributed by atoms with Gasteiger partial charge >= 0.3 is 0 Å². The van der Waals surface area contributed by atoms with Crippen LogP contribution in [-0.4, -0.2) is 46.0 Å². The number of aromatic amines is 1. The van der Waals surface area contributed by atoms with E-state index in [9.17, 15) is 0 Å². The van der Waals surface area contributed by atoms with Crippen LogP contribution in [0.5, 0.6) is 0 Å². The van der Waals surface area contributed by atoms with Gasteiger partial charge in [0.2, 0.25) is 0 Å². The molecule has 1 aliphatic heterocycles. The molecule has 5 nitrogen and oxygen atoms in total. The molecule has 0 saturated carbocycles. The van der Waals surface area contributed by atoms with Crippen molar-refractivity contribution in [3.8, 4) is 0 Å². The Hall–Kier alpha value is -2.27. The maximum absolute atomic E-state index is 6.18. The number of H-pyrrole nitrogens is 1. The standard InChI is InChI=1S/C17H18ClN5.C2H6/c1-11(2)22-5-7-23(8-6-22)17-15-13-9-12(18)3-4-14(13)21-16(15)19-10-20-17;1-2/h3-4,9-10H,1,5-8H2,2H3,(H,19,20,21);1-2H3. The fourth-order valence-corrected chi connectivity index (χ4v) is 3.39. The van der Waals surface area contributed by atoms with Crippen molar-refractivity contribution in [2.45, 2.75) is 20.8 Å². The Balaban J connectivity index is 0.000000880. The fraction of sp³-hybridized carbons (Fsp3) is 0.368. The predicted octanol–water partition coefficient (Wildman–Crippen LogP) is 4.45. The highest BCUT2D eigenvalue weighted by molar-refractivity contribution is 6.32. The van der Waals surface area contributed by atoms with Crippen LogP contribution in [0.2, 0.25) is 5.02 Å². The second kappa shape index (κ2) is 7.31. The number of allylic oxidation sites excluding steroid dienone is 1. The van der Waals surface area contributed by atoms with Crippen LogP contribution < -0.4 is 4.90 Å². The summed E-state index contributed by atoms with van der Waals surface area (Å²) < 4.78 is 0. The third-order valence-electron chi connectivity index (χ3n) is 4.45. The molecule has 0 unspecified atom stereocenters. The third-order valence-corrected chi connectivity index (χ3v) is 4.69. The van der Waals surface area contributed by atoms with Crippen LogP contribution in [0.3, 0.4) is 0 Å². The van der Waals surface area contributed by atoms with Crippen LogP contribution in [0, 0.1) is 0 Å². The fourth-order valence-electron chi connectivity index (χ4n) is 3.22. The van der Waals surface area contributed by atoms with Gasteiger partial charge in [0, 0.05) is 47.8 Å². The van der Waals surface area contributed by atoms with Crippen molar-refractivity contribution in [3.05, 3.63) is 41.8 Å². The number of piperazine rings is 1. The highest BCUT2D eigenvalue weighted by atomic mass is 35.5. The summed E-state index contributed by atoms with van der Waals surface area (Å²) in [7, 11) is 0. The summed E-state index contributed by atoms with van der Waals surface area (Å²) in [5.41, 5.74) is 3.01. The number of nitrogens with zero attached hydrogens (tertiary/aromatic N) is 4. The molecule has 6 heteroatoms. The Bertz CT molecular complexity index is 893. The Morgan fingerprint density at radius 2 is 1.88 bits per heavy atom. The molecule has 1 aliphatic rings. The number of aromatic nitrogens is 3. The van der Waals surface area contributed by atoms with Gasteiger partial charge in [0.25, 0.3) is 0 Å². The lowest BCUT2D eigenvalue weighted by molar-refractivity contribution is 0.323. The Kier molecular flexibility index (Phi) is 5.13. The quantitative estimate of drug-likeness (QED) is 0.736. The van der Waals surface area contributed by atoms with Gasteiger partial charge in [-0.2, -0.15) is 0 Å². The average Bonchev–Trinajstić information content (AvgIpc) is 3.01. The lowest BCUT2D eigenvalue weighted by Crippen LogP contribution is -2.45. The summed E-state index contributed by atoms with van der Waals surface area (Å²) in [6.07, 6.45) is 1.62. The first-order valence-electron chi connectivity index (χ1n) is 8.71. The minimum absolute atomic E-state index is 0.723. The van der Waals surface area contributed by atoms with Gasteiger partial charge in [-0.1, -0.05) is 32.0 Å². The summed E-state index contributed by atoms with van der Waals surface area (Å²) in [5, 5.41) is 2.85. The van der Waals surface area contributed by atoms with E-state index in [1.807, 2.05) is 32.0 Å². The second-order valence-electron chi connectivity index (χ2n) is 5.95. The highest BCUT2D eigenvalue weighted by Crippen LogP contribution is 2.33. The van der Waals surface area contributed by atoms with Crippen molar-refractivity contribution in [2.24, 2.45) is 0 Å². The summed E-state index contributed by atoms with van der Waals surface area (Å²) in [5.74, 6) is 0.977. The van der Waals surface area contributed by atoms with Crippen molar-refractivity contribution in [1.82, 2.24) is 19.9 Å². The van der Waals surface area contributed by atoms with Gasteiger partial charge in [0.05, 0.1) is 5.39 Å². The van der Waals surface area contributed by atoms with E-state index in [1.165, 1.54) is 0 Å². The highest BCUT2D eigenvalue weighted by Gasteiger charge is 2.21. The SMILES string of the molecule is C=C(C)N1CCN(c2ncnc3[nH]c4ccc(Cl)cc4c23)CC1.CC. The Morgan fingerprint density at radius 1 is 1.16 bits per heavy atom. The van der Waals surface area contributed by atoms with Gasteiger partial charge in [-0.3, -0.25) is 0 Å². The summed E-state index contributed by atoms with van der Waals surface area (Å²) >= 11 is 6.18. The maximum Gasteiger partial charge on any atom is 0.143 e. The van der Waals surface area contributed by atoms with E-state index in [2.05, 4.69) is 38.3 Å². The summed E-state index contributed by atoms with van der Waals surface area (Å²) in [6, 6.07) is 5.85. The van der Waals surface area contributed by atoms with Crippen LogP contribution in [0.25, 0.3) is 21.9 Å². The molecule has 25 heavy (non-hydrogen) atoms. The zero-order valence-corrected chi connectivity index (χ0v) is 15.8. The first-order chi connectivity index (χ1) is 12.1. The molecular formula is C19H24ClN5. The monoisotopic (exact) mass is 357 g/mol.